The first-order chi connectivity index (χ1) is 6.82. The third-order valence-corrected chi connectivity index (χ3v) is 1.46. The van der Waals surface area contributed by atoms with Crippen molar-refractivity contribution >= 4 is 0 Å². The quantitative estimate of drug-likeness (QED) is 0.567. The molecule has 1 aliphatic heterocycles. The SMILES string of the molecule is [2H]C1([2H])Oc2ccc(C)cc2OC1([2H])[2H]. The molecule has 2 heteroatoms. The lowest BCUT2D eigenvalue weighted by Gasteiger charge is -2.18. The van der Waals surface area contributed by atoms with Gasteiger partial charge in [0.25, 0.3) is 0 Å². The maximum absolute atomic E-state index is 7.37. The Morgan fingerprint density at radius 1 is 1.27 bits per heavy atom. The van der Waals surface area contributed by atoms with Gasteiger partial charge in [0.15, 0.2) is 11.5 Å². The number of hydrogen-bond acceptors (Lipinski definition) is 2. The summed E-state index contributed by atoms with van der Waals surface area (Å²) >= 11 is 0. The zero-order valence-corrected chi connectivity index (χ0v) is 6.05. The molecule has 0 N–H and O–H groups in total. The van der Waals surface area contributed by atoms with E-state index in [9.17, 15) is 0 Å². The molecule has 0 unspecified atom stereocenters. The summed E-state index contributed by atoms with van der Waals surface area (Å²) in [5.41, 5.74) is 0.899. The fraction of sp³-hybridized carbons (Fsp3) is 0.333. The van der Waals surface area contributed by atoms with Gasteiger partial charge in [0.05, 0.1) is 5.48 Å². The van der Waals surface area contributed by atoms with Crippen molar-refractivity contribution in [2.24, 2.45) is 0 Å². The first-order valence-electron chi connectivity index (χ1n) is 5.30. The molecule has 2 rings (SSSR count). The predicted molar refractivity (Wildman–Crippen MR) is 42.2 cm³/mol. The van der Waals surface area contributed by atoms with Gasteiger partial charge in [-0.25, -0.2) is 0 Å². The summed E-state index contributed by atoms with van der Waals surface area (Å²) < 4.78 is 39.3. The van der Waals surface area contributed by atoms with Crippen LogP contribution in [-0.4, -0.2) is 13.1 Å². The molecule has 2 nitrogen and oxygen atoms in total. The van der Waals surface area contributed by atoms with Crippen LogP contribution in [0.2, 0.25) is 0 Å². The third kappa shape index (κ3) is 1.16. The average molecular weight is 154 g/mol. The van der Waals surface area contributed by atoms with Crippen molar-refractivity contribution in [3.05, 3.63) is 23.8 Å². The van der Waals surface area contributed by atoms with Crippen molar-refractivity contribution in [3.63, 3.8) is 0 Å². The van der Waals surface area contributed by atoms with Crippen LogP contribution in [0.1, 0.15) is 11.0 Å². The van der Waals surface area contributed by atoms with Crippen molar-refractivity contribution in [3.8, 4) is 11.5 Å². The molecule has 0 aromatic heterocycles. The van der Waals surface area contributed by atoms with E-state index in [1.165, 1.54) is 0 Å². The lowest BCUT2D eigenvalue weighted by Crippen LogP contribution is -2.15. The minimum absolute atomic E-state index is 0.223. The number of ether oxygens (including phenoxy) is 2. The second-order valence-electron chi connectivity index (χ2n) is 2.36. The van der Waals surface area contributed by atoms with E-state index in [4.69, 9.17) is 15.0 Å². The van der Waals surface area contributed by atoms with E-state index >= 15 is 0 Å². The first-order valence-corrected chi connectivity index (χ1v) is 3.30. The van der Waals surface area contributed by atoms with Crippen molar-refractivity contribution in [1.82, 2.24) is 0 Å². The second-order valence-corrected chi connectivity index (χ2v) is 2.36. The molecule has 1 heterocycles. The average Bonchev–Trinajstić information content (AvgIpc) is 2.07. The standard InChI is InChI=1S/C9H10O2/c1-7-2-3-8-9(6-7)11-5-4-10-8/h2-3,6H,4-5H2,1H3/i4D2,5D2. The third-order valence-electron chi connectivity index (χ3n) is 1.46. The van der Waals surface area contributed by atoms with E-state index in [0.29, 0.717) is 0 Å². The van der Waals surface area contributed by atoms with Gasteiger partial charge < -0.3 is 9.47 Å². The molecule has 0 spiro atoms. The molecule has 0 saturated carbocycles. The van der Waals surface area contributed by atoms with Crippen molar-refractivity contribution in [2.45, 2.75) is 6.92 Å². The lowest BCUT2D eigenvalue weighted by molar-refractivity contribution is 0.171. The molecule has 0 amide bonds. The fourth-order valence-electron chi connectivity index (χ4n) is 0.931. The summed E-state index contributed by atoms with van der Waals surface area (Å²) in [6.45, 7) is -3.12. The van der Waals surface area contributed by atoms with Crippen LogP contribution >= 0.6 is 0 Å². The van der Waals surface area contributed by atoms with Crippen LogP contribution in [0.15, 0.2) is 18.2 Å². The molecular weight excluding hydrogens is 140 g/mol. The van der Waals surface area contributed by atoms with Gasteiger partial charge in [-0.05, 0) is 24.6 Å². The van der Waals surface area contributed by atoms with E-state index in [2.05, 4.69) is 0 Å². The number of fused-ring (bicyclic) bond motifs is 1. The minimum atomic E-state index is -2.48. The fourth-order valence-corrected chi connectivity index (χ4v) is 0.931. The van der Waals surface area contributed by atoms with Crippen molar-refractivity contribution in [2.75, 3.05) is 13.1 Å². The van der Waals surface area contributed by atoms with Crippen LogP contribution in [0.4, 0.5) is 0 Å². The Morgan fingerprint density at radius 2 is 2.00 bits per heavy atom. The van der Waals surface area contributed by atoms with Crippen LogP contribution < -0.4 is 9.47 Å². The Kier molecular flexibility index (Phi) is 0.777. The van der Waals surface area contributed by atoms with E-state index < -0.39 is 13.1 Å². The van der Waals surface area contributed by atoms with Gasteiger partial charge in [0, 0.05) is 0 Å². The maximum atomic E-state index is 7.37. The largest absolute Gasteiger partial charge is 0.486 e. The van der Waals surface area contributed by atoms with Crippen LogP contribution in [0.5, 0.6) is 11.5 Å². The molecule has 0 bridgehead atoms. The van der Waals surface area contributed by atoms with Gasteiger partial charge in [-0.3, -0.25) is 0 Å². The summed E-state index contributed by atoms with van der Waals surface area (Å²) in [5, 5.41) is 0. The Labute approximate surface area is 71.4 Å². The van der Waals surface area contributed by atoms with Gasteiger partial charge in [-0.15, -0.1) is 0 Å². The number of benzene rings is 1. The molecule has 58 valence electrons. The second kappa shape index (κ2) is 2.46. The van der Waals surface area contributed by atoms with Crippen LogP contribution in [0, 0.1) is 6.92 Å². The molecule has 0 aliphatic carbocycles. The van der Waals surface area contributed by atoms with Crippen molar-refractivity contribution in [1.29, 1.82) is 0 Å². The lowest BCUT2D eigenvalue weighted by atomic mass is 10.2. The highest BCUT2D eigenvalue weighted by Crippen LogP contribution is 2.30. The van der Waals surface area contributed by atoms with E-state index in [1.807, 2.05) is 6.92 Å². The van der Waals surface area contributed by atoms with Gasteiger partial charge >= 0.3 is 0 Å². The molecule has 1 aromatic carbocycles. The summed E-state index contributed by atoms with van der Waals surface area (Å²) in [6, 6.07) is 4.93. The highest BCUT2D eigenvalue weighted by Gasteiger charge is 2.09. The molecule has 1 aromatic rings. The maximum Gasteiger partial charge on any atom is 0.161 e. The molecule has 0 atom stereocenters. The molecule has 1 aliphatic rings. The Bertz CT molecular complexity index is 403. The summed E-state index contributed by atoms with van der Waals surface area (Å²) in [4.78, 5) is 0. The molecule has 0 radical (unpaired) electrons. The molecule has 0 saturated heterocycles. The highest BCUT2D eigenvalue weighted by atomic mass is 16.6. The summed E-state index contributed by atoms with van der Waals surface area (Å²) in [6.07, 6.45) is 0. The van der Waals surface area contributed by atoms with Gasteiger partial charge in [-0.2, -0.15) is 0 Å². The van der Waals surface area contributed by atoms with E-state index in [1.54, 1.807) is 18.2 Å². The van der Waals surface area contributed by atoms with Gasteiger partial charge in [0.1, 0.15) is 13.1 Å². The highest BCUT2D eigenvalue weighted by molar-refractivity contribution is 5.43. The smallest absolute Gasteiger partial charge is 0.161 e. The van der Waals surface area contributed by atoms with E-state index in [0.717, 1.165) is 5.56 Å². The van der Waals surface area contributed by atoms with Crippen LogP contribution in [0.3, 0.4) is 0 Å². The number of hydrogen-bond donors (Lipinski definition) is 0. The van der Waals surface area contributed by atoms with Crippen LogP contribution in [-0.2, 0) is 0 Å². The predicted octanol–water partition coefficient (Wildman–Crippen LogP) is 1.77. The Balaban J connectivity index is 2.47. The normalized spacial score (nSPS) is 29.2. The van der Waals surface area contributed by atoms with Crippen LogP contribution in [0.25, 0.3) is 0 Å². The molecule has 0 fully saturated rings. The van der Waals surface area contributed by atoms with Gasteiger partial charge in [0.2, 0.25) is 0 Å². The zero-order valence-electron chi connectivity index (χ0n) is 10.0. The summed E-state index contributed by atoms with van der Waals surface area (Å²) in [7, 11) is 0. The topological polar surface area (TPSA) is 18.5 Å². The first kappa shape index (κ1) is 3.48. The van der Waals surface area contributed by atoms with E-state index in [-0.39, 0.29) is 11.5 Å². The Hall–Kier alpha value is -1.18. The number of aryl methyl sites for hydroxylation is 1. The monoisotopic (exact) mass is 154 g/mol. The zero-order chi connectivity index (χ0) is 11.3. The summed E-state index contributed by atoms with van der Waals surface area (Å²) in [5.74, 6) is 0.454. The van der Waals surface area contributed by atoms with Gasteiger partial charge in [-0.1, -0.05) is 6.07 Å². The molecular formula is C9H10O2. The Morgan fingerprint density at radius 3 is 2.82 bits per heavy atom. The molecule has 11 heavy (non-hydrogen) atoms. The van der Waals surface area contributed by atoms with Crippen molar-refractivity contribution < 1.29 is 15.0 Å². The number of rotatable bonds is 0. The minimum Gasteiger partial charge on any atom is -0.486 e.